The second-order valence-electron chi connectivity index (χ2n) is 2.04. The molecule has 0 aliphatic rings. The molecule has 0 amide bonds. The monoisotopic (exact) mass is 153 g/mol. The van der Waals surface area contributed by atoms with E-state index in [2.05, 4.69) is 0 Å². The molecule has 0 rings (SSSR count). The molecule has 0 saturated heterocycles. The molecule has 52 valence electrons. The van der Waals surface area contributed by atoms with Crippen molar-refractivity contribution in [2.24, 2.45) is 5.41 Å². The number of hydrogen-bond acceptors (Lipinski definition) is 3. The van der Waals surface area contributed by atoms with Crippen LogP contribution in [0.15, 0.2) is 0 Å². The van der Waals surface area contributed by atoms with Crippen molar-refractivity contribution >= 4 is 5.97 Å². The number of carbonyl (C=O) groups is 1. The number of carboxylic acids is 1. The van der Waals surface area contributed by atoms with Crippen molar-refractivity contribution < 1.29 is 44.9 Å². The second-order valence-corrected chi connectivity index (χ2v) is 2.04. The van der Waals surface area contributed by atoms with Gasteiger partial charge in [0.1, 0.15) is 5.41 Å². The van der Waals surface area contributed by atoms with E-state index in [1.165, 1.54) is 13.8 Å². The minimum Gasteiger partial charge on any atom is -0.870 e. The summed E-state index contributed by atoms with van der Waals surface area (Å²) in [5.74, 6) is -1.08. The van der Waals surface area contributed by atoms with E-state index in [9.17, 15) is 4.79 Å². The van der Waals surface area contributed by atoms with Crippen molar-refractivity contribution in [3.63, 3.8) is 0 Å². The maximum Gasteiger partial charge on any atom is 1.00 e. The average molecular weight is 153 g/mol. The van der Waals surface area contributed by atoms with Crippen molar-refractivity contribution in [3.8, 4) is 6.07 Å². The molecule has 0 spiro atoms. The Kier molecular flexibility index (Phi) is 9.37. The Morgan fingerprint density at radius 1 is 1.60 bits per heavy atom. The Morgan fingerprint density at radius 3 is 1.90 bits per heavy atom. The molecule has 10 heavy (non-hydrogen) atoms. The van der Waals surface area contributed by atoms with Crippen molar-refractivity contribution in [2.75, 3.05) is 0 Å². The van der Waals surface area contributed by atoms with Crippen LogP contribution in [-0.4, -0.2) is 16.6 Å². The van der Waals surface area contributed by atoms with Crippen LogP contribution in [0.25, 0.3) is 0 Å². The first-order chi connectivity index (χ1) is 3.50. The molecule has 0 heterocycles. The van der Waals surface area contributed by atoms with E-state index in [1.807, 2.05) is 0 Å². The molecular weight excluding hydrogens is 145 g/mol. The van der Waals surface area contributed by atoms with Gasteiger partial charge in [-0.25, -0.2) is 0 Å². The van der Waals surface area contributed by atoms with Crippen LogP contribution in [0.5, 0.6) is 0 Å². The maximum atomic E-state index is 10.0. The van der Waals surface area contributed by atoms with Gasteiger partial charge in [-0.1, -0.05) is 0 Å². The molecule has 5 heteroatoms. The predicted molar refractivity (Wildman–Crippen MR) is 29.0 cm³/mol. The maximum absolute atomic E-state index is 10.0. The largest absolute Gasteiger partial charge is 1.00 e. The number of rotatable bonds is 1. The van der Waals surface area contributed by atoms with Crippen LogP contribution >= 0.6 is 0 Å². The first-order valence-corrected chi connectivity index (χ1v) is 2.15. The second kappa shape index (κ2) is 5.69. The van der Waals surface area contributed by atoms with Crippen LogP contribution in [0, 0.1) is 16.7 Å². The van der Waals surface area contributed by atoms with Gasteiger partial charge in [0.15, 0.2) is 0 Å². The smallest absolute Gasteiger partial charge is 0.870 e. The van der Waals surface area contributed by atoms with Gasteiger partial charge in [-0.15, -0.1) is 0 Å². The van der Waals surface area contributed by atoms with Gasteiger partial charge in [-0.05, 0) is 13.8 Å². The Labute approximate surface area is 81.4 Å². The topological polar surface area (TPSA) is 91.1 Å². The van der Waals surface area contributed by atoms with Crippen LogP contribution in [0.3, 0.4) is 0 Å². The molecule has 0 aromatic rings. The normalized spacial score (nSPS) is 8.10. The molecule has 2 N–H and O–H groups in total. The SMILES string of the molecule is CC(C)(C#N)C(=O)O.[Na+].[OH-]. The third-order valence-corrected chi connectivity index (χ3v) is 0.814. The standard InChI is InChI=1S/C5H7NO2.Na.H2O/c1-5(2,3-6)4(7)8;;/h1-2H3,(H,7,8);;1H2/q;+1;/p-1. The molecule has 0 aromatic heterocycles. The van der Waals surface area contributed by atoms with Crippen molar-refractivity contribution in [2.45, 2.75) is 13.8 Å². The number of nitriles is 1. The fraction of sp³-hybridized carbons (Fsp3) is 0.600. The van der Waals surface area contributed by atoms with E-state index in [0.29, 0.717) is 0 Å². The summed E-state index contributed by atoms with van der Waals surface area (Å²) in [4.78, 5) is 10.0. The Morgan fingerprint density at radius 2 is 1.90 bits per heavy atom. The molecule has 0 bridgehead atoms. The molecule has 0 radical (unpaired) electrons. The van der Waals surface area contributed by atoms with Crippen molar-refractivity contribution in [1.29, 1.82) is 5.26 Å². The first-order valence-electron chi connectivity index (χ1n) is 2.15. The van der Waals surface area contributed by atoms with E-state index < -0.39 is 11.4 Å². The van der Waals surface area contributed by atoms with E-state index in [-0.39, 0.29) is 35.0 Å². The Bertz CT molecular complexity index is 149. The summed E-state index contributed by atoms with van der Waals surface area (Å²) >= 11 is 0. The summed E-state index contributed by atoms with van der Waals surface area (Å²) in [6.07, 6.45) is 0. The van der Waals surface area contributed by atoms with Gasteiger partial charge in [0.25, 0.3) is 0 Å². The van der Waals surface area contributed by atoms with Gasteiger partial charge in [0.2, 0.25) is 0 Å². The number of aliphatic carboxylic acids is 1. The van der Waals surface area contributed by atoms with Crippen LogP contribution in [0.1, 0.15) is 13.8 Å². The average Bonchev–Trinajstić information content (AvgIpc) is 1.67. The zero-order valence-electron chi connectivity index (χ0n) is 6.25. The van der Waals surface area contributed by atoms with Crippen LogP contribution in [0.4, 0.5) is 0 Å². The molecule has 0 atom stereocenters. The number of nitrogens with zero attached hydrogens (tertiary/aromatic N) is 1. The Balaban J connectivity index is -0.000000245. The number of hydrogen-bond donors (Lipinski definition) is 1. The zero-order chi connectivity index (χ0) is 6.78. The van der Waals surface area contributed by atoms with Gasteiger partial charge in [-0.3, -0.25) is 4.79 Å². The first kappa shape index (κ1) is 16.5. The van der Waals surface area contributed by atoms with Gasteiger partial charge in [0, 0.05) is 0 Å². The summed E-state index contributed by atoms with van der Waals surface area (Å²) in [5, 5.41) is 16.4. The molecule has 0 aliphatic heterocycles. The third-order valence-electron chi connectivity index (χ3n) is 0.814. The predicted octanol–water partition coefficient (Wildman–Crippen LogP) is -2.55. The summed E-state index contributed by atoms with van der Waals surface area (Å²) in [7, 11) is 0. The summed E-state index contributed by atoms with van der Waals surface area (Å²) in [5.41, 5.74) is -1.24. The molecule has 0 aliphatic carbocycles. The van der Waals surface area contributed by atoms with Crippen LogP contribution in [0.2, 0.25) is 0 Å². The van der Waals surface area contributed by atoms with Gasteiger partial charge >= 0.3 is 35.5 Å². The van der Waals surface area contributed by atoms with Gasteiger partial charge in [0.05, 0.1) is 6.07 Å². The Hall–Kier alpha value is -0.0800. The van der Waals surface area contributed by atoms with Crippen molar-refractivity contribution in [3.05, 3.63) is 0 Å². The van der Waals surface area contributed by atoms with E-state index >= 15 is 0 Å². The summed E-state index contributed by atoms with van der Waals surface area (Å²) in [6, 6.07) is 1.64. The zero-order valence-corrected chi connectivity index (χ0v) is 8.25. The third kappa shape index (κ3) is 4.77. The molecule has 0 fully saturated rings. The molecule has 0 unspecified atom stereocenters. The van der Waals surface area contributed by atoms with Gasteiger partial charge < -0.3 is 10.6 Å². The summed E-state index contributed by atoms with van der Waals surface area (Å²) in [6.45, 7) is 2.71. The minimum absolute atomic E-state index is 0. The van der Waals surface area contributed by atoms with E-state index in [0.717, 1.165) is 0 Å². The van der Waals surface area contributed by atoms with Gasteiger partial charge in [-0.2, -0.15) is 5.26 Å². The molecule has 0 aromatic carbocycles. The summed E-state index contributed by atoms with van der Waals surface area (Å²) < 4.78 is 0. The molecular formula is C5H8NNaO3. The van der Waals surface area contributed by atoms with E-state index in [1.54, 1.807) is 6.07 Å². The van der Waals surface area contributed by atoms with Crippen LogP contribution in [-0.2, 0) is 4.79 Å². The quantitative estimate of drug-likeness (QED) is 0.420. The van der Waals surface area contributed by atoms with E-state index in [4.69, 9.17) is 10.4 Å². The fourth-order valence-electron chi connectivity index (χ4n) is 0.0478. The fourth-order valence-corrected chi connectivity index (χ4v) is 0.0478. The number of carboxylic acid groups (broad SMARTS) is 1. The molecule has 0 saturated carbocycles. The van der Waals surface area contributed by atoms with Crippen molar-refractivity contribution in [1.82, 2.24) is 0 Å². The minimum atomic E-state index is -1.24. The molecule has 4 nitrogen and oxygen atoms in total. The van der Waals surface area contributed by atoms with Crippen LogP contribution < -0.4 is 29.6 Å².